The normalized spacial score (nSPS) is 11.0. The number of aromatic nitrogens is 1. The molecule has 1 heterocycles. The van der Waals surface area contributed by atoms with Crippen molar-refractivity contribution in [2.24, 2.45) is 5.84 Å². The highest BCUT2D eigenvalue weighted by molar-refractivity contribution is 6.31. The number of rotatable bonds is 3. The van der Waals surface area contributed by atoms with Crippen molar-refractivity contribution in [1.29, 1.82) is 0 Å². The number of fused-ring (bicyclic) bond motifs is 1. The van der Waals surface area contributed by atoms with Gasteiger partial charge in [0.05, 0.1) is 0 Å². The monoisotopic (exact) mass is 209 g/mol. The van der Waals surface area contributed by atoms with Gasteiger partial charge in [-0.1, -0.05) is 11.6 Å². The van der Waals surface area contributed by atoms with Gasteiger partial charge in [-0.25, -0.2) is 0 Å². The van der Waals surface area contributed by atoms with E-state index in [1.165, 1.54) is 10.9 Å². The number of H-pyrrole nitrogens is 1. The molecule has 0 fully saturated rings. The number of aromatic amines is 1. The summed E-state index contributed by atoms with van der Waals surface area (Å²) in [6.45, 7) is 0.763. The van der Waals surface area contributed by atoms with E-state index < -0.39 is 0 Å². The molecule has 0 spiro atoms. The number of halogens is 1. The molecular formula is C10H12ClN3. The number of benzene rings is 1. The molecule has 2 rings (SSSR count). The van der Waals surface area contributed by atoms with Crippen LogP contribution in [-0.2, 0) is 6.42 Å². The lowest BCUT2D eigenvalue weighted by molar-refractivity contribution is 0.730. The summed E-state index contributed by atoms with van der Waals surface area (Å²) in [6, 6.07) is 5.83. The van der Waals surface area contributed by atoms with Gasteiger partial charge in [-0.15, -0.1) is 0 Å². The largest absolute Gasteiger partial charge is 0.361 e. The van der Waals surface area contributed by atoms with Crippen molar-refractivity contribution in [3.05, 3.63) is 35.0 Å². The van der Waals surface area contributed by atoms with E-state index in [4.69, 9.17) is 17.4 Å². The summed E-state index contributed by atoms with van der Waals surface area (Å²) in [5, 5.41) is 1.94. The predicted molar refractivity (Wildman–Crippen MR) is 59.2 cm³/mol. The first-order valence-corrected chi connectivity index (χ1v) is 4.88. The van der Waals surface area contributed by atoms with Gasteiger partial charge in [0.2, 0.25) is 0 Å². The van der Waals surface area contributed by atoms with E-state index in [2.05, 4.69) is 10.4 Å². The molecule has 2 aromatic rings. The summed E-state index contributed by atoms with van der Waals surface area (Å²) in [4.78, 5) is 3.20. The minimum absolute atomic E-state index is 0.763. The zero-order chi connectivity index (χ0) is 9.97. The number of hydrazine groups is 1. The van der Waals surface area contributed by atoms with Gasteiger partial charge in [0.15, 0.2) is 0 Å². The first-order valence-electron chi connectivity index (χ1n) is 4.50. The van der Waals surface area contributed by atoms with Gasteiger partial charge in [-0.2, -0.15) is 0 Å². The van der Waals surface area contributed by atoms with Crippen LogP contribution < -0.4 is 11.3 Å². The lowest BCUT2D eigenvalue weighted by atomic mass is 10.1. The first-order chi connectivity index (χ1) is 6.81. The van der Waals surface area contributed by atoms with Crippen molar-refractivity contribution in [3.63, 3.8) is 0 Å². The highest BCUT2D eigenvalue weighted by atomic mass is 35.5. The van der Waals surface area contributed by atoms with Crippen LogP contribution in [0.5, 0.6) is 0 Å². The summed E-state index contributed by atoms with van der Waals surface area (Å²) >= 11 is 5.93. The van der Waals surface area contributed by atoms with Crippen molar-refractivity contribution < 1.29 is 0 Å². The van der Waals surface area contributed by atoms with Crippen LogP contribution >= 0.6 is 11.6 Å². The molecule has 0 saturated heterocycles. The molecule has 1 aromatic carbocycles. The van der Waals surface area contributed by atoms with Gasteiger partial charge in [0.1, 0.15) is 0 Å². The summed E-state index contributed by atoms with van der Waals surface area (Å²) in [7, 11) is 0. The second-order valence-electron chi connectivity index (χ2n) is 3.21. The third kappa shape index (κ3) is 1.75. The second kappa shape index (κ2) is 4.00. The van der Waals surface area contributed by atoms with Crippen molar-refractivity contribution >= 4 is 22.5 Å². The minimum Gasteiger partial charge on any atom is -0.361 e. The Balaban J connectivity index is 2.40. The second-order valence-corrected chi connectivity index (χ2v) is 3.64. The van der Waals surface area contributed by atoms with E-state index in [1.807, 2.05) is 24.4 Å². The van der Waals surface area contributed by atoms with Crippen molar-refractivity contribution in [2.45, 2.75) is 6.42 Å². The van der Waals surface area contributed by atoms with Crippen LogP contribution in [0.15, 0.2) is 24.4 Å². The number of nitrogens with two attached hydrogens (primary N) is 1. The molecule has 4 heteroatoms. The van der Waals surface area contributed by atoms with Gasteiger partial charge in [-0.05, 0) is 30.2 Å². The molecular weight excluding hydrogens is 198 g/mol. The predicted octanol–water partition coefficient (Wildman–Crippen LogP) is 1.83. The summed E-state index contributed by atoms with van der Waals surface area (Å²) in [5.41, 5.74) is 4.99. The lowest BCUT2D eigenvalue weighted by Crippen LogP contribution is -2.24. The Morgan fingerprint density at radius 3 is 3.07 bits per heavy atom. The van der Waals surface area contributed by atoms with Crippen LogP contribution in [0.2, 0.25) is 5.02 Å². The van der Waals surface area contributed by atoms with Crippen LogP contribution in [0.3, 0.4) is 0 Å². The Morgan fingerprint density at radius 2 is 2.29 bits per heavy atom. The van der Waals surface area contributed by atoms with Gasteiger partial charge in [0.25, 0.3) is 0 Å². The Labute approximate surface area is 87.2 Å². The Bertz CT molecular complexity index is 436. The van der Waals surface area contributed by atoms with Gasteiger partial charge < -0.3 is 4.98 Å². The Morgan fingerprint density at radius 1 is 1.43 bits per heavy atom. The van der Waals surface area contributed by atoms with Gasteiger partial charge in [0, 0.05) is 28.7 Å². The van der Waals surface area contributed by atoms with E-state index in [0.29, 0.717) is 0 Å². The van der Waals surface area contributed by atoms with E-state index >= 15 is 0 Å². The zero-order valence-electron chi connectivity index (χ0n) is 7.68. The molecule has 74 valence electrons. The number of hydrogen-bond acceptors (Lipinski definition) is 2. The molecule has 0 unspecified atom stereocenters. The van der Waals surface area contributed by atoms with Crippen molar-refractivity contribution in [2.75, 3.05) is 6.54 Å². The highest BCUT2D eigenvalue weighted by Gasteiger charge is 2.03. The highest BCUT2D eigenvalue weighted by Crippen LogP contribution is 2.22. The summed E-state index contributed by atoms with van der Waals surface area (Å²) < 4.78 is 0. The fourth-order valence-corrected chi connectivity index (χ4v) is 1.74. The van der Waals surface area contributed by atoms with Crippen LogP contribution in [0.1, 0.15) is 5.56 Å². The van der Waals surface area contributed by atoms with E-state index in [-0.39, 0.29) is 0 Å². The fourth-order valence-electron chi connectivity index (χ4n) is 1.56. The third-order valence-corrected chi connectivity index (χ3v) is 2.50. The Hall–Kier alpha value is -1.03. The smallest absolute Gasteiger partial charge is 0.0457 e. The van der Waals surface area contributed by atoms with Gasteiger partial charge in [-0.3, -0.25) is 11.3 Å². The molecule has 0 aliphatic rings. The van der Waals surface area contributed by atoms with E-state index in [9.17, 15) is 0 Å². The molecule has 0 radical (unpaired) electrons. The van der Waals surface area contributed by atoms with Gasteiger partial charge >= 0.3 is 0 Å². The molecule has 0 atom stereocenters. The van der Waals surface area contributed by atoms with Crippen molar-refractivity contribution in [1.82, 2.24) is 10.4 Å². The zero-order valence-corrected chi connectivity index (χ0v) is 8.43. The summed E-state index contributed by atoms with van der Waals surface area (Å²) in [5.74, 6) is 5.23. The molecule has 14 heavy (non-hydrogen) atoms. The third-order valence-electron chi connectivity index (χ3n) is 2.27. The maximum absolute atomic E-state index is 5.93. The van der Waals surface area contributed by atoms with E-state index in [1.54, 1.807) is 0 Å². The molecule has 0 bridgehead atoms. The topological polar surface area (TPSA) is 53.8 Å². The summed E-state index contributed by atoms with van der Waals surface area (Å²) in [6.07, 6.45) is 2.90. The van der Waals surface area contributed by atoms with Crippen molar-refractivity contribution in [3.8, 4) is 0 Å². The van der Waals surface area contributed by atoms with Crippen LogP contribution in [0, 0.1) is 0 Å². The molecule has 3 nitrogen and oxygen atoms in total. The number of hydrogen-bond donors (Lipinski definition) is 3. The molecule has 0 aliphatic heterocycles. The molecule has 0 aliphatic carbocycles. The average molecular weight is 210 g/mol. The van der Waals surface area contributed by atoms with Crippen LogP contribution in [0.25, 0.3) is 10.9 Å². The first kappa shape index (κ1) is 9.52. The minimum atomic E-state index is 0.763. The maximum Gasteiger partial charge on any atom is 0.0457 e. The standard InChI is InChI=1S/C10H12ClN3/c11-8-1-2-10-9(5-8)7(6-13-10)3-4-14-12/h1-2,5-6,13-14H,3-4,12H2. The SMILES string of the molecule is NNCCc1c[nH]c2ccc(Cl)cc12. The molecule has 0 saturated carbocycles. The van der Waals surface area contributed by atoms with Crippen LogP contribution in [-0.4, -0.2) is 11.5 Å². The average Bonchev–Trinajstić information content (AvgIpc) is 2.57. The lowest BCUT2D eigenvalue weighted by Gasteiger charge is -1.98. The van der Waals surface area contributed by atoms with Crippen LogP contribution in [0.4, 0.5) is 0 Å². The fraction of sp³-hybridized carbons (Fsp3) is 0.200. The number of nitrogens with one attached hydrogen (secondary N) is 2. The molecule has 1 aromatic heterocycles. The Kier molecular flexibility index (Phi) is 2.72. The quantitative estimate of drug-likeness (QED) is 0.534. The maximum atomic E-state index is 5.93. The molecule has 0 amide bonds. The molecule has 4 N–H and O–H groups in total. The van der Waals surface area contributed by atoms with E-state index in [0.717, 1.165) is 23.5 Å².